The number of Topliss-reactive ketones (excluding diaryl/α,β-unsaturated/α-hetero) is 1. The van der Waals surface area contributed by atoms with Crippen molar-refractivity contribution >= 4 is 35.9 Å². The lowest BCUT2D eigenvalue weighted by Crippen LogP contribution is -2.15. The molecular formula is C31H20O12. The zero-order valence-electron chi connectivity index (χ0n) is 21.8. The van der Waals surface area contributed by atoms with Gasteiger partial charge in [-0.3, -0.25) is 9.59 Å². The molecule has 4 N–H and O–H groups in total. The third-order valence-electron chi connectivity index (χ3n) is 6.20. The van der Waals surface area contributed by atoms with E-state index in [4.69, 9.17) is 9.47 Å². The van der Waals surface area contributed by atoms with Gasteiger partial charge in [-0.2, -0.15) is 0 Å². The van der Waals surface area contributed by atoms with Crippen LogP contribution in [0.5, 0.6) is 23.0 Å². The number of hydrogen-bond donors (Lipinski definition) is 4. The summed E-state index contributed by atoms with van der Waals surface area (Å²) in [5.41, 5.74) is -0.844. The van der Waals surface area contributed by atoms with E-state index < -0.39 is 57.8 Å². The van der Waals surface area contributed by atoms with E-state index in [2.05, 4.69) is 0 Å². The van der Waals surface area contributed by atoms with Gasteiger partial charge in [0, 0.05) is 0 Å². The standard InChI is InChI=1S/C31H20O12/c32-15-26(33)27(16-1-5-18(6-2-16)42-20-9-11-22(28(34)35)24(13-20)30(38)39)17-3-7-19(8-4-17)43-21-10-12-23(29(36)37)25(14-21)31(40)41/h1-15,27H,(H,34,35)(H,36,37)(H,38,39)(H,40,41). The van der Waals surface area contributed by atoms with Gasteiger partial charge in [-0.1, -0.05) is 24.3 Å². The number of carboxylic acids is 4. The van der Waals surface area contributed by atoms with Crippen LogP contribution in [0.25, 0.3) is 0 Å². The van der Waals surface area contributed by atoms with Crippen molar-refractivity contribution in [2.75, 3.05) is 0 Å². The fourth-order valence-corrected chi connectivity index (χ4v) is 4.22. The van der Waals surface area contributed by atoms with E-state index in [0.717, 1.165) is 24.3 Å². The highest BCUT2D eigenvalue weighted by Gasteiger charge is 2.23. The second-order valence-electron chi connectivity index (χ2n) is 8.93. The van der Waals surface area contributed by atoms with Gasteiger partial charge in [-0.15, -0.1) is 0 Å². The molecule has 0 unspecified atom stereocenters. The molecule has 0 heterocycles. The van der Waals surface area contributed by atoms with E-state index in [9.17, 15) is 49.2 Å². The van der Waals surface area contributed by atoms with E-state index in [0.29, 0.717) is 11.1 Å². The second kappa shape index (κ2) is 12.5. The molecule has 0 saturated heterocycles. The van der Waals surface area contributed by atoms with Crippen molar-refractivity contribution in [1.82, 2.24) is 0 Å². The average molecular weight is 584 g/mol. The quantitative estimate of drug-likeness (QED) is 0.129. The molecule has 0 spiro atoms. The predicted octanol–water partition coefficient (Wildman–Crippen LogP) is 4.96. The van der Waals surface area contributed by atoms with Gasteiger partial charge < -0.3 is 29.9 Å². The number of carbonyl (C=O) groups excluding carboxylic acids is 2. The Bertz CT molecular complexity index is 1630. The number of aromatic carboxylic acids is 4. The van der Waals surface area contributed by atoms with Gasteiger partial charge in [-0.05, 0) is 71.8 Å². The van der Waals surface area contributed by atoms with Crippen LogP contribution in [0, 0.1) is 0 Å². The van der Waals surface area contributed by atoms with Crippen LogP contribution in [0.1, 0.15) is 58.5 Å². The molecule has 0 saturated carbocycles. The van der Waals surface area contributed by atoms with E-state index in [1.165, 1.54) is 60.7 Å². The van der Waals surface area contributed by atoms with Crippen LogP contribution in [0.2, 0.25) is 0 Å². The third-order valence-corrected chi connectivity index (χ3v) is 6.20. The molecule has 0 amide bonds. The van der Waals surface area contributed by atoms with Crippen molar-refractivity contribution in [3.05, 3.63) is 118 Å². The van der Waals surface area contributed by atoms with Crippen molar-refractivity contribution in [3.8, 4) is 23.0 Å². The van der Waals surface area contributed by atoms with Crippen LogP contribution >= 0.6 is 0 Å². The third kappa shape index (κ3) is 6.72. The van der Waals surface area contributed by atoms with Crippen LogP contribution in [0.3, 0.4) is 0 Å². The number of aldehydes is 1. The monoisotopic (exact) mass is 584 g/mol. The topological polar surface area (TPSA) is 202 Å². The first-order chi connectivity index (χ1) is 20.5. The molecule has 4 aromatic carbocycles. The molecule has 0 radical (unpaired) electrons. The van der Waals surface area contributed by atoms with Crippen molar-refractivity contribution in [1.29, 1.82) is 0 Å². The molecule has 12 heteroatoms. The lowest BCUT2D eigenvalue weighted by Gasteiger charge is -2.16. The molecule has 216 valence electrons. The van der Waals surface area contributed by atoms with E-state index in [-0.39, 0.29) is 29.3 Å². The molecule has 0 aliphatic rings. The van der Waals surface area contributed by atoms with Gasteiger partial charge in [0.2, 0.25) is 5.78 Å². The van der Waals surface area contributed by atoms with Crippen molar-refractivity contribution in [2.24, 2.45) is 0 Å². The first kappa shape index (κ1) is 29.7. The summed E-state index contributed by atoms with van der Waals surface area (Å²) in [6.07, 6.45) is 0.189. The van der Waals surface area contributed by atoms with Gasteiger partial charge in [0.05, 0.1) is 28.2 Å². The normalized spacial score (nSPS) is 10.5. The maximum atomic E-state index is 12.6. The molecule has 0 aliphatic carbocycles. The second-order valence-corrected chi connectivity index (χ2v) is 8.93. The first-order valence-corrected chi connectivity index (χ1v) is 12.2. The van der Waals surface area contributed by atoms with Crippen molar-refractivity contribution in [2.45, 2.75) is 5.92 Å². The molecule has 4 rings (SSSR count). The van der Waals surface area contributed by atoms with Crippen LogP contribution in [-0.4, -0.2) is 56.4 Å². The van der Waals surface area contributed by atoms with Crippen LogP contribution in [0.15, 0.2) is 84.9 Å². The zero-order valence-corrected chi connectivity index (χ0v) is 21.8. The fourth-order valence-electron chi connectivity index (χ4n) is 4.22. The summed E-state index contributed by atoms with van der Waals surface area (Å²) in [6, 6.07) is 19.1. The Kier molecular flexibility index (Phi) is 8.61. The number of ether oxygens (including phenoxy) is 2. The Balaban J connectivity index is 1.55. The molecular weight excluding hydrogens is 564 g/mol. The molecule has 0 atom stereocenters. The summed E-state index contributed by atoms with van der Waals surface area (Å²) in [7, 11) is 0. The maximum absolute atomic E-state index is 12.6. The molecule has 0 bridgehead atoms. The molecule has 0 aromatic heterocycles. The summed E-state index contributed by atoms with van der Waals surface area (Å²) in [4.78, 5) is 69.4. The minimum absolute atomic E-state index is 0.0688. The fraction of sp³-hybridized carbons (Fsp3) is 0.0323. The summed E-state index contributed by atoms with van der Waals surface area (Å²) in [5.74, 6) is -6.79. The van der Waals surface area contributed by atoms with Crippen molar-refractivity contribution < 1.29 is 58.7 Å². The van der Waals surface area contributed by atoms with Crippen LogP contribution in [0.4, 0.5) is 0 Å². The highest BCUT2D eigenvalue weighted by Crippen LogP contribution is 2.32. The molecule has 43 heavy (non-hydrogen) atoms. The molecule has 4 aromatic rings. The largest absolute Gasteiger partial charge is 0.478 e. The van der Waals surface area contributed by atoms with Crippen LogP contribution < -0.4 is 9.47 Å². The lowest BCUT2D eigenvalue weighted by atomic mass is 9.88. The van der Waals surface area contributed by atoms with E-state index in [1.807, 2.05) is 0 Å². The Morgan fingerprint density at radius 3 is 1.12 bits per heavy atom. The van der Waals surface area contributed by atoms with Gasteiger partial charge in [0.25, 0.3) is 0 Å². The Labute approximate surface area is 242 Å². The van der Waals surface area contributed by atoms with Gasteiger partial charge in [-0.25, -0.2) is 19.2 Å². The number of ketones is 1. The predicted molar refractivity (Wildman–Crippen MR) is 147 cm³/mol. The summed E-state index contributed by atoms with van der Waals surface area (Å²) in [5, 5.41) is 37.0. The summed E-state index contributed by atoms with van der Waals surface area (Å²) in [6.45, 7) is 0. The van der Waals surface area contributed by atoms with Crippen LogP contribution in [-0.2, 0) is 9.59 Å². The molecule has 0 fully saturated rings. The SMILES string of the molecule is O=CC(=O)C(c1ccc(Oc2ccc(C(=O)O)c(C(=O)O)c2)cc1)c1ccc(Oc2ccc(C(=O)O)c(C(=O)O)c2)cc1. The van der Waals surface area contributed by atoms with E-state index in [1.54, 1.807) is 0 Å². The van der Waals surface area contributed by atoms with Gasteiger partial charge >= 0.3 is 23.9 Å². The molecule has 0 aliphatic heterocycles. The zero-order chi connectivity index (χ0) is 31.3. The number of carbonyl (C=O) groups is 6. The lowest BCUT2D eigenvalue weighted by molar-refractivity contribution is -0.130. The highest BCUT2D eigenvalue weighted by atomic mass is 16.5. The van der Waals surface area contributed by atoms with Crippen molar-refractivity contribution in [3.63, 3.8) is 0 Å². The number of rotatable bonds is 12. The Morgan fingerprint density at radius 1 is 0.488 bits per heavy atom. The number of carboxylic acid groups (broad SMARTS) is 4. The average Bonchev–Trinajstić information content (AvgIpc) is 2.98. The van der Waals surface area contributed by atoms with Gasteiger partial charge in [0.15, 0.2) is 6.29 Å². The smallest absolute Gasteiger partial charge is 0.336 e. The summed E-state index contributed by atoms with van der Waals surface area (Å²) < 4.78 is 11.3. The van der Waals surface area contributed by atoms with E-state index >= 15 is 0 Å². The Hall–Kier alpha value is -6.30. The number of hydrogen-bond acceptors (Lipinski definition) is 8. The highest BCUT2D eigenvalue weighted by molar-refractivity contribution is 6.28. The maximum Gasteiger partial charge on any atom is 0.336 e. The number of benzene rings is 4. The van der Waals surface area contributed by atoms with Gasteiger partial charge in [0.1, 0.15) is 23.0 Å². The first-order valence-electron chi connectivity index (χ1n) is 12.2. The minimum Gasteiger partial charge on any atom is -0.478 e. The Morgan fingerprint density at radius 2 is 0.814 bits per heavy atom. The molecule has 12 nitrogen and oxygen atoms in total. The summed E-state index contributed by atoms with van der Waals surface area (Å²) >= 11 is 0. The minimum atomic E-state index is -1.44.